The van der Waals surface area contributed by atoms with Crippen LogP contribution in [0.5, 0.6) is 0 Å². The van der Waals surface area contributed by atoms with Crippen molar-refractivity contribution in [2.24, 2.45) is 0 Å². The number of halogens is 2. The third-order valence-corrected chi connectivity index (χ3v) is 6.90. The van der Waals surface area contributed by atoms with Gasteiger partial charge in [0.15, 0.2) is 5.65 Å². The first-order chi connectivity index (χ1) is 17.4. The molecule has 1 saturated heterocycles. The molecule has 1 fully saturated rings. The molecule has 2 unspecified atom stereocenters. The van der Waals surface area contributed by atoms with Crippen LogP contribution in [0.4, 0.5) is 14.9 Å². The van der Waals surface area contributed by atoms with Gasteiger partial charge < -0.3 is 20.6 Å². The zero-order chi connectivity index (χ0) is 25.0. The summed E-state index contributed by atoms with van der Waals surface area (Å²) >= 11 is 6.38. The molecule has 6 rings (SSSR count). The highest BCUT2D eigenvalue weighted by atomic mass is 35.5. The average Bonchev–Trinajstić information content (AvgIpc) is 3.59. The summed E-state index contributed by atoms with van der Waals surface area (Å²) in [6, 6.07) is 9.93. The third kappa shape index (κ3) is 3.84. The van der Waals surface area contributed by atoms with E-state index < -0.39 is 24.0 Å². The zero-order valence-electron chi connectivity index (χ0n) is 18.8. The van der Waals surface area contributed by atoms with Gasteiger partial charge in [-0.2, -0.15) is 5.10 Å². The maximum absolute atomic E-state index is 14.1. The summed E-state index contributed by atoms with van der Waals surface area (Å²) in [7, 11) is 0. The minimum atomic E-state index is -0.762. The summed E-state index contributed by atoms with van der Waals surface area (Å²) in [5.74, 6) is -0.863. The lowest BCUT2D eigenvalue weighted by molar-refractivity contribution is 0.0960. The van der Waals surface area contributed by atoms with Crippen LogP contribution in [0, 0.1) is 5.82 Å². The number of hydrogen-bond acceptors (Lipinski definition) is 5. The Labute approximate surface area is 209 Å². The molecular weight excluding hydrogens is 487 g/mol. The van der Waals surface area contributed by atoms with Crippen molar-refractivity contribution in [1.29, 1.82) is 0 Å². The van der Waals surface area contributed by atoms with Crippen molar-refractivity contribution in [2.75, 3.05) is 18.4 Å². The van der Waals surface area contributed by atoms with Gasteiger partial charge in [-0.1, -0.05) is 11.6 Å². The first-order valence-corrected chi connectivity index (χ1v) is 11.7. The Morgan fingerprint density at radius 3 is 2.86 bits per heavy atom. The minimum Gasteiger partial charge on any atom is -0.391 e. The molecule has 0 aliphatic carbocycles. The number of carbonyl (C=O) groups excluding carboxylic acids is 2. The minimum absolute atomic E-state index is 0.215. The van der Waals surface area contributed by atoms with Crippen molar-refractivity contribution in [3.05, 3.63) is 82.5 Å². The van der Waals surface area contributed by atoms with Crippen molar-refractivity contribution in [3.63, 3.8) is 0 Å². The Morgan fingerprint density at radius 1 is 1.19 bits per heavy atom. The molecule has 36 heavy (non-hydrogen) atoms. The van der Waals surface area contributed by atoms with Crippen LogP contribution in [0.2, 0.25) is 5.02 Å². The van der Waals surface area contributed by atoms with Crippen molar-refractivity contribution < 1.29 is 19.1 Å². The standard InChI is InChI=1S/C25H20ClFN6O3/c26-19-3-2-15(27)9-17(19)23-22-18(24(35)31-23)7-14(13-1-4-21-28-12-29-33(21)10-13)8-20(22)30-25(36)32-6-5-16(34)11-32/h1-4,7-10,12,16,23,34H,5-6,11H2,(H,30,36)(H,31,35). The number of amides is 3. The van der Waals surface area contributed by atoms with Crippen molar-refractivity contribution in [2.45, 2.75) is 18.6 Å². The first-order valence-electron chi connectivity index (χ1n) is 11.3. The van der Waals surface area contributed by atoms with Crippen LogP contribution in [-0.4, -0.2) is 55.7 Å². The zero-order valence-corrected chi connectivity index (χ0v) is 19.5. The van der Waals surface area contributed by atoms with Crippen LogP contribution >= 0.6 is 11.6 Å². The number of aromatic nitrogens is 3. The number of benzene rings is 2. The van der Waals surface area contributed by atoms with Crippen LogP contribution in [0.25, 0.3) is 16.8 Å². The fourth-order valence-corrected chi connectivity index (χ4v) is 5.01. The summed E-state index contributed by atoms with van der Waals surface area (Å²) in [4.78, 5) is 31.9. The first kappa shape index (κ1) is 22.4. The number of fused-ring (bicyclic) bond motifs is 2. The summed E-state index contributed by atoms with van der Waals surface area (Å²) in [5.41, 5.74) is 3.69. The maximum atomic E-state index is 14.1. The van der Waals surface area contributed by atoms with Crippen molar-refractivity contribution in [1.82, 2.24) is 24.8 Å². The molecule has 4 aromatic rings. The predicted octanol–water partition coefficient (Wildman–Crippen LogP) is 3.62. The predicted molar refractivity (Wildman–Crippen MR) is 130 cm³/mol. The third-order valence-electron chi connectivity index (χ3n) is 6.56. The normalized spacial score (nSPS) is 19.0. The van der Waals surface area contributed by atoms with E-state index in [4.69, 9.17) is 11.6 Å². The van der Waals surface area contributed by atoms with Gasteiger partial charge in [-0.05, 0) is 54.4 Å². The lowest BCUT2D eigenvalue weighted by atomic mass is 9.93. The summed E-state index contributed by atoms with van der Waals surface area (Å²) < 4.78 is 15.7. The Morgan fingerprint density at radius 2 is 2.06 bits per heavy atom. The van der Waals surface area contributed by atoms with Gasteiger partial charge in [0.2, 0.25) is 0 Å². The SMILES string of the molecule is O=C1NC(c2cc(F)ccc2Cl)c2c(NC(=O)N3CCC(O)C3)cc(-c3ccc4ncnn4c3)cc21. The highest BCUT2D eigenvalue weighted by molar-refractivity contribution is 6.31. The molecule has 0 spiro atoms. The van der Waals surface area contributed by atoms with Gasteiger partial charge in [-0.3, -0.25) is 4.79 Å². The number of urea groups is 1. The van der Waals surface area contributed by atoms with Gasteiger partial charge in [0, 0.05) is 52.3 Å². The number of nitrogens with one attached hydrogen (secondary N) is 2. The second-order valence-corrected chi connectivity index (χ2v) is 9.26. The molecule has 2 aromatic heterocycles. The number of aliphatic hydroxyl groups is 1. The van der Waals surface area contributed by atoms with Crippen LogP contribution in [0.15, 0.2) is 55.0 Å². The quantitative estimate of drug-likeness (QED) is 0.393. The van der Waals surface area contributed by atoms with Gasteiger partial charge in [0.25, 0.3) is 5.91 Å². The number of pyridine rings is 1. The van der Waals surface area contributed by atoms with Crippen LogP contribution < -0.4 is 10.6 Å². The lowest BCUT2D eigenvalue weighted by Crippen LogP contribution is -2.34. The van der Waals surface area contributed by atoms with Crippen LogP contribution in [0.1, 0.15) is 33.9 Å². The number of aliphatic hydroxyl groups excluding tert-OH is 1. The van der Waals surface area contributed by atoms with Gasteiger partial charge in [-0.15, -0.1) is 0 Å². The van der Waals surface area contributed by atoms with Crippen LogP contribution in [0.3, 0.4) is 0 Å². The van der Waals surface area contributed by atoms with E-state index in [9.17, 15) is 19.1 Å². The van der Waals surface area contributed by atoms with Gasteiger partial charge in [-0.25, -0.2) is 18.7 Å². The summed E-state index contributed by atoms with van der Waals surface area (Å²) in [6.07, 6.45) is 3.13. The fraction of sp³-hybridized carbons (Fsp3) is 0.200. The van der Waals surface area contributed by atoms with Crippen LogP contribution in [-0.2, 0) is 0 Å². The Kier molecular flexibility index (Phi) is 5.35. The van der Waals surface area contributed by atoms with E-state index >= 15 is 0 Å². The van der Waals surface area contributed by atoms with E-state index in [0.717, 1.165) is 5.56 Å². The molecule has 2 aliphatic rings. The molecule has 3 N–H and O–H groups in total. The Balaban J connectivity index is 1.49. The largest absolute Gasteiger partial charge is 0.391 e. The molecule has 2 aliphatic heterocycles. The summed E-state index contributed by atoms with van der Waals surface area (Å²) in [6.45, 7) is 0.626. The van der Waals surface area contributed by atoms with E-state index in [2.05, 4.69) is 20.7 Å². The molecule has 2 atom stereocenters. The average molecular weight is 507 g/mol. The maximum Gasteiger partial charge on any atom is 0.321 e. The molecule has 11 heteroatoms. The van der Waals surface area contributed by atoms with E-state index in [1.54, 1.807) is 28.9 Å². The monoisotopic (exact) mass is 506 g/mol. The van der Waals surface area contributed by atoms with Gasteiger partial charge in [0.05, 0.1) is 12.1 Å². The van der Waals surface area contributed by atoms with Gasteiger partial charge in [0.1, 0.15) is 12.1 Å². The smallest absolute Gasteiger partial charge is 0.321 e. The number of anilines is 1. The number of carbonyl (C=O) groups is 2. The molecule has 182 valence electrons. The number of nitrogens with zero attached hydrogens (tertiary/aromatic N) is 4. The topological polar surface area (TPSA) is 112 Å². The van der Waals surface area contributed by atoms with E-state index in [1.165, 1.54) is 29.4 Å². The molecule has 0 bridgehead atoms. The summed E-state index contributed by atoms with van der Waals surface area (Å²) in [5, 5.41) is 20.1. The van der Waals surface area contributed by atoms with Gasteiger partial charge >= 0.3 is 6.03 Å². The van der Waals surface area contributed by atoms with E-state index in [1.807, 2.05) is 6.07 Å². The fourth-order valence-electron chi connectivity index (χ4n) is 4.78. The lowest BCUT2D eigenvalue weighted by Gasteiger charge is -2.21. The second-order valence-electron chi connectivity index (χ2n) is 8.86. The highest BCUT2D eigenvalue weighted by Gasteiger charge is 2.35. The molecular formula is C25H20ClFN6O3. The molecule has 3 amide bonds. The molecule has 0 saturated carbocycles. The van der Waals surface area contributed by atoms with Crippen molar-refractivity contribution >= 4 is 34.9 Å². The van der Waals surface area contributed by atoms with E-state index in [-0.39, 0.29) is 17.5 Å². The highest BCUT2D eigenvalue weighted by Crippen LogP contribution is 2.41. The number of likely N-dealkylation sites (tertiary alicyclic amines) is 1. The molecule has 9 nitrogen and oxygen atoms in total. The molecule has 2 aromatic carbocycles. The Hall–Kier alpha value is -4.02. The van der Waals surface area contributed by atoms with Crippen molar-refractivity contribution in [3.8, 4) is 11.1 Å². The number of rotatable bonds is 3. The number of hydrogen-bond donors (Lipinski definition) is 3. The molecule has 4 heterocycles. The number of β-amino-alcohol motifs (C(OH)–C–C–N with tert-alkyl or cyclic N) is 1. The molecule has 0 radical (unpaired) electrons. The van der Waals surface area contributed by atoms with E-state index in [0.29, 0.717) is 46.6 Å². The second kappa shape index (κ2) is 8.58. The Bertz CT molecular complexity index is 1540.